The van der Waals surface area contributed by atoms with E-state index in [1.54, 1.807) is 24.3 Å². The Kier molecular flexibility index (Phi) is 5.65. The average Bonchev–Trinajstić information content (AvgIpc) is 2.66. The molecule has 0 bridgehead atoms. The number of nitrogens with zero attached hydrogens (tertiary/aromatic N) is 1. The lowest BCUT2D eigenvalue weighted by Gasteiger charge is -2.30. The van der Waals surface area contributed by atoms with Crippen molar-refractivity contribution in [3.05, 3.63) is 53.1 Å². The highest BCUT2D eigenvalue weighted by atomic mass is 32.2. The first-order chi connectivity index (χ1) is 13.2. The van der Waals surface area contributed by atoms with E-state index in [0.29, 0.717) is 24.5 Å². The van der Waals surface area contributed by atoms with Crippen molar-refractivity contribution in [2.45, 2.75) is 38.6 Å². The van der Waals surface area contributed by atoms with Gasteiger partial charge in [0.25, 0.3) is 10.0 Å². The van der Waals surface area contributed by atoms with Crippen LogP contribution in [0.3, 0.4) is 0 Å². The molecule has 2 aromatic carbocycles. The minimum absolute atomic E-state index is 0.0583. The molecule has 150 valence electrons. The summed E-state index contributed by atoms with van der Waals surface area (Å²) in [6.07, 6.45) is 0.770. The number of fused-ring (bicyclic) bond motifs is 1. The number of hydrogen-bond donors (Lipinski definition) is 1. The van der Waals surface area contributed by atoms with Crippen molar-refractivity contribution in [3.63, 3.8) is 0 Å². The second-order valence-corrected chi connectivity index (χ2v) is 9.06. The van der Waals surface area contributed by atoms with Crippen LogP contribution in [0, 0.1) is 12.8 Å². The summed E-state index contributed by atoms with van der Waals surface area (Å²) < 4.78 is 33.7. The summed E-state index contributed by atoms with van der Waals surface area (Å²) in [6, 6.07) is 10.5. The molecule has 0 saturated heterocycles. The zero-order chi connectivity index (χ0) is 20.5. The third kappa shape index (κ3) is 4.14. The fraction of sp³-hybridized carbons (Fsp3) is 0.381. The molecule has 1 aliphatic rings. The van der Waals surface area contributed by atoms with E-state index in [2.05, 4.69) is 4.72 Å². The van der Waals surface area contributed by atoms with Crippen molar-refractivity contribution < 1.29 is 17.9 Å². The van der Waals surface area contributed by atoms with E-state index in [4.69, 9.17) is 4.74 Å². The van der Waals surface area contributed by atoms with Crippen LogP contribution < -0.4 is 9.46 Å². The molecule has 3 rings (SSSR count). The molecular formula is C21H26N2O4S. The molecule has 1 aliphatic heterocycles. The number of benzene rings is 2. The van der Waals surface area contributed by atoms with Crippen LogP contribution in [-0.4, -0.2) is 32.9 Å². The molecule has 0 aromatic heterocycles. The summed E-state index contributed by atoms with van der Waals surface area (Å²) in [4.78, 5) is 14.2. The van der Waals surface area contributed by atoms with Gasteiger partial charge in [0.1, 0.15) is 10.6 Å². The molecule has 0 radical (unpaired) electrons. The summed E-state index contributed by atoms with van der Waals surface area (Å²) in [7, 11) is -2.36. The highest BCUT2D eigenvalue weighted by molar-refractivity contribution is 7.92. The summed E-state index contributed by atoms with van der Waals surface area (Å²) >= 11 is 0. The first kappa shape index (κ1) is 20.2. The van der Waals surface area contributed by atoms with Crippen LogP contribution in [0.5, 0.6) is 5.75 Å². The third-order valence-electron chi connectivity index (χ3n) is 4.88. The quantitative estimate of drug-likeness (QED) is 0.832. The number of amides is 1. The van der Waals surface area contributed by atoms with Crippen molar-refractivity contribution >= 4 is 21.6 Å². The normalized spacial score (nSPS) is 14.0. The van der Waals surface area contributed by atoms with Crippen molar-refractivity contribution in [2.75, 3.05) is 18.4 Å². The van der Waals surface area contributed by atoms with Crippen LogP contribution in [-0.2, 0) is 27.8 Å². The van der Waals surface area contributed by atoms with Gasteiger partial charge in [-0.2, -0.15) is 0 Å². The van der Waals surface area contributed by atoms with Crippen LogP contribution in [0.15, 0.2) is 41.3 Å². The van der Waals surface area contributed by atoms with Gasteiger partial charge in [-0.15, -0.1) is 0 Å². The lowest BCUT2D eigenvalue weighted by atomic mass is 9.98. The zero-order valence-corrected chi connectivity index (χ0v) is 17.5. The smallest absolute Gasteiger partial charge is 0.265 e. The number of anilines is 1. The number of rotatable bonds is 5. The summed E-state index contributed by atoms with van der Waals surface area (Å²) in [5.74, 6) is 0.350. The predicted octanol–water partition coefficient (Wildman–Crippen LogP) is 3.35. The standard InChI is InChI=1S/C21H26N2O4S/c1-14(2)21(24)23-10-9-16-6-7-18(12-17(16)13-23)22-28(25,26)20-11-15(3)5-8-19(20)27-4/h5-8,11-12,14,22H,9-10,13H2,1-4H3. The Morgan fingerprint density at radius 2 is 1.89 bits per heavy atom. The Morgan fingerprint density at radius 3 is 2.57 bits per heavy atom. The number of carbonyl (C=O) groups excluding carboxylic acids is 1. The largest absolute Gasteiger partial charge is 0.495 e. The molecule has 0 aliphatic carbocycles. The maximum absolute atomic E-state index is 12.9. The lowest BCUT2D eigenvalue weighted by molar-refractivity contribution is -0.135. The van der Waals surface area contributed by atoms with Crippen molar-refractivity contribution in [2.24, 2.45) is 5.92 Å². The van der Waals surface area contributed by atoms with Crippen LogP contribution in [0.25, 0.3) is 0 Å². The molecule has 2 aromatic rings. The molecule has 0 atom stereocenters. The number of nitrogens with one attached hydrogen (secondary N) is 1. The fourth-order valence-electron chi connectivity index (χ4n) is 3.38. The van der Waals surface area contributed by atoms with Crippen LogP contribution in [0.2, 0.25) is 0 Å². The van der Waals surface area contributed by atoms with E-state index in [9.17, 15) is 13.2 Å². The van der Waals surface area contributed by atoms with Gasteiger partial charge in [-0.05, 0) is 54.3 Å². The number of methoxy groups -OCH3 is 1. The Hall–Kier alpha value is -2.54. The van der Waals surface area contributed by atoms with Crippen molar-refractivity contribution in [1.82, 2.24) is 4.90 Å². The molecule has 7 heteroatoms. The van der Waals surface area contributed by atoms with E-state index in [0.717, 1.165) is 23.1 Å². The van der Waals surface area contributed by atoms with E-state index >= 15 is 0 Å². The van der Waals surface area contributed by atoms with Gasteiger partial charge >= 0.3 is 0 Å². The van der Waals surface area contributed by atoms with Crippen molar-refractivity contribution in [3.8, 4) is 5.75 Å². The van der Waals surface area contributed by atoms with Gasteiger partial charge in [0.2, 0.25) is 5.91 Å². The molecule has 0 unspecified atom stereocenters. The fourth-order valence-corrected chi connectivity index (χ4v) is 4.68. The SMILES string of the molecule is COc1ccc(C)cc1S(=O)(=O)Nc1ccc2c(c1)CN(C(=O)C(C)C)CC2. The van der Waals surface area contributed by atoms with Crippen molar-refractivity contribution in [1.29, 1.82) is 0 Å². The molecule has 0 saturated carbocycles. The number of sulfonamides is 1. The van der Waals surface area contributed by atoms with Gasteiger partial charge in [0, 0.05) is 24.7 Å². The van der Waals surface area contributed by atoms with Gasteiger partial charge in [0.15, 0.2) is 0 Å². The van der Waals surface area contributed by atoms with Crippen LogP contribution in [0.4, 0.5) is 5.69 Å². The van der Waals surface area contributed by atoms with E-state index in [1.807, 2.05) is 37.8 Å². The van der Waals surface area contributed by atoms with E-state index in [1.165, 1.54) is 7.11 Å². The molecule has 28 heavy (non-hydrogen) atoms. The second-order valence-electron chi connectivity index (χ2n) is 7.41. The first-order valence-corrected chi connectivity index (χ1v) is 10.8. The number of aryl methyl sites for hydroxylation is 1. The minimum Gasteiger partial charge on any atom is -0.495 e. The molecule has 0 fully saturated rings. The molecule has 0 spiro atoms. The maximum Gasteiger partial charge on any atom is 0.265 e. The number of hydrogen-bond acceptors (Lipinski definition) is 4. The van der Waals surface area contributed by atoms with Gasteiger partial charge in [0.05, 0.1) is 7.11 Å². The van der Waals surface area contributed by atoms with Gasteiger partial charge in [-0.25, -0.2) is 8.42 Å². The second kappa shape index (κ2) is 7.83. The lowest BCUT2D eigenvalue weighted by Crippen LogP contribution is -2.38. The first-order valence-electron chi connectivity index (χ1n) is 9.29. The highest BCUT2D eigenvalue weighted by Crippen LogP contribution is 2.29. The van der Waals surface area contributed by atoms with Gasteiger partial charge < -0.3 is 9.64 Å². The summed E-state index contributed by atoms with van der Waals surface area (Å²) in [6.45, 7) is 6.79. The Labute approximate surface area is 166 Å². The predicted molar refractivity (Wildman–Crippen MR) is 109 cm³/mol. The topological polar surface area (TPSA) is 75.7 Å². The summed E-state index contributed by atoms with van der Waals surface area (Å²) in [5.41, 5.74) is 3.41. The minimum atomic E-state index is -3.80. The Bertz CT molecular complexity index is 999. The van der Waals surface area contributed by atoms with Gasteiger partial charge in [-0.1, -0.05) is 26.0 Å². The van der Waals surface area contributed by atoms with E-state index < -0.39 is 10.0 Å². The van der Waals surface area contributed by atoms with Gasteiger partial charge in [-0.3, -0.25) is 9.52 Å². The van der Waals surface area contributed by atoms with Crippen LogP contribution >= 0.6 is 0 Å². The summed E-state index contributed by atoms with van der Waals surface area (Å²) in [5, 5.41) is 0. The molecular weight excluding hydrogens is 376 g/mol. The third-order valence-corrected chi connectivity index (χ3v) is 6.29. The number of carbonyl (C=O) groups is 1. The van der Waals surface area contributed by atoms with E-state index in [-0.39, 0.29) is 16.7 Å². The Morgan fingerprint density at radius 1 is 1.14 bits per heavy atom. The molecule has 1 heterocycles. The Balaban J connectivity index is 1.87. The molecule has 6 nitrogen and oxygen atoms in total. The highest BCUT2D eigenvalue weighted by Gasteiger charge is 2.24. The molecule has 1 amide bonds. The monoisotopic (exact) mass is 402 g/mol. The molecule has 1 N–H and O–H groups in total. The average molecular weight is 403 g/mol. The maximum atomic E-state index is 12.9. The van der Waals surface area contributed by atoms with Crippen LogP contribution in [0.1, 0.15) is 30.5 Å². The zero-order valence-electron chi connectivity index (χ0n) is 16.7. The number of ether oxygens (including phenoxy) is 1.